The zero-order valence-electron chi connectivity index (χ0n) is 21.2. The Bertz CT molecular complexity index is 1010. The van der Waals surface area contributed by atoms with Crippen molar-refractivity contribution in [1.29, 1.82) is 0 Å². The van der Waals surface area contributed by atoms with E-state index in [-0.39, 0.29) is 24.5 Å². The molecular weight excluding hydrogens is 502 g/mol. The van der Waals surface area contributed by atoms with Gasteiger partial charge in [0.15, 0.2) is 0 Å². The van der Waals surface area contributed by atoms with Crippen LogP contribution in [0.1, 0.15) is 45.1 Å². The Balaban J connectivity index is 3.01. The van der Waals surface area contributed by atoms with Crippen LogP contribution in [0.4, 0.5) is 0 Å². The molecule has 14 heteroatoms. The monoisotopic (exact) mass is 537 g/mol. The average Bonchev–Trinajstić information content (AvgIpc) is 2.81. The van der Waals surface area contributed by atoms with E-state index in [9.17, 15) is 39.0 Å². The fourth-order valence-electron chi connectivity index (χ4n) is 3.44. The lowest BCUT2D eigenvalue weighted by Crippen LogP contribution is -2.58. The largest absolute Gasteiger partial charge is 0.508 e. The van der Waals surface area contributed by atoms with Gasteiger partial charge in [-0.15, -0.1) is 0 Å². The van der Waals surface area contributed by atoms with Gasteiger partial charge in [0.1, 0.15) is 23.9 Å². The summed E-state index contributed by atoms with van der Waals surface area (Å²) in [6, 6.07) is 0.439. The van der Waals surface area contributed by atoms with Crippen LogP contribution in [0.2, 0.25) is 0 Å². The first-order chi connectivity index (χ1) is 17.7. The van der Waals surface area contributed by atoms with E-state index >= 15 is 0 Å². The molecule has 1 aromatic rings. The van der Waals surface area contributed by atoms with Crippen molar-refractivity contribution in [2.24, 2.45) is 17.4 Å². The quantitative estimate of drug-likeness (QED) is 0.122. The Kier molecular flexibility index (Phi) is 12.7. The third-order valence-electron chi connectivity index (χ3n) is 5.37. The van der Waals surface area contributed by atoms with Crippen LogP contribution in [0.15, 0.2) is 24.3 Å². The number of carboxylic acid groups (broad SMARTS) is 2. The van der Waals surface area contributed by atoms with Crippen LogP contribution in [0.3, 0.4) is 0 Å². The Morgan fingerprint density at radius 2 is 1.37 bits per heavy atom. The maximum absolute atomic E-state index is 12.9. The number of aromatic hydroxyl groups is 1. The second kappa shape index (κ2) is 15.1. The van der Waals surface area contributed by atoms with Gasteiger partial charge in [0, 0.05) is 6.42 Å². The van der Waals surface area contributed by atoms with Crippen LogP contribution in [-0.2, 0) is 35.2 Å². The zero-order valence-corrected chi connectivity index (χ0v) is 21.2. The van der Waals surface area contributed by atoms with Gasteiger partial charge in [-0.25, -0.2) is 4.79 Å². The van der Waals surface area contributed by atoms with Gasteiger partial charge in [-0.3, -0.25) is 24.0 Å². The molecule has 0 saturated heterocycles. The van der Waals surface area contributed by atoms with E-state index in [1.54, 1.807) is 26.0 Å². The second-order valence-electron chi connectivity index (χ2n) is 9.23. The summed E-state index contributed by atoms with van der Waals surface area (Å²) in [5.41, 5.74) is 11.7. The Labute approximate surface area is 219 Å². The normalized spacial score (nSPS) is 14.0. The van der Waals surface area contributed by atoms with Crippen molar-refractivity contribution in [3.8, 4) is 5.75 Å². The fraction of sp³-hybridized carbons (Fsp3) is 0.500. The van der Waals surface area contributed by atoms with Crippen LogP contribution < -0.4 is 27.4 Å². The van der Waals surface area contributed by atoms with Gasteiger partial charge in [0.05, 0.1) is 12.5 Å². The number of primary amides is 1. The maximum atomic E-state index is 12.9. The first kappa shape index (κ1) is 31.8. The summed E-state index contributed by atoms with van der Waals surface area (Å²) in [5.74, 6) is -6.38. The number of aliphatic carboxylic acids is 2. The number of rotatable bonds is 16. The van der Waals surface area contributed by atoms with Crippen molar-refractivity contribution in [2.45, 2.75) is 70.1 Å². The predicted molar refractivity (Wildman–Crippen MR) is 133 cm³/mol. The van der Waals surface area contributed by atoms with Crippen LogP contribution in [0, 0.1) is 5.92 Å². The third kappa shape index (κ3) is 11.7. The van der Waals surface area contributed by atoms with Crippen molar-refractivity contribution >= 4 is 35.6 Å². The molecule has 10 N–H and O–H groups in total. The predicted octanol–water partition coefficient (Wildman–Crippen LogP) is -1.41. The summed E-state index contributed by atoms with van der Waals surface area (Å²) in [4.78, 5) is 72.5. The number of phenols is 1. The minimum atomic E-state index is -1.54. The van der Waals surface area contributed by atoms with E-state index in [4.69, 9.17) is 16.6 Å². The lowest BCUT2D eigenvalue weighted by atomic mass is 10.0. The minimum Gasteiger partial charge on any atom is -0.508 e. The number of nitrogens with two attached hydrogens (primary N) is 2. The van der Waals surface area contributed by atoms with Gasteiger partial charge in [0.2, 0.25) is 23.6 Å². The molecule has 0 heterocycles. The Morgan fingerprint density at radius 3 is 1.87 bits per heavy atom. The number of carboxylic acids is 2. The molecule has 0 bridgehead atoms. The first-order valence-corrected chi connectivity index (χ1v) is 11.9. The molecule has 210 valence electrons. The second-order valence-corrected chi connectivity index (χ2v) is 9.23. The average molecular weight is 538 g/mol. The van der Waals surface area contributed by atoms with E-state index < -0.39 is 79.0 Å². The SMILES string of the molecule is CC(C)CC(NC(=O)C(CCC(=O)O)NC(=O)C(CC(N)=O)NC(=O)C(N)Cc1ccc(O)cc1)C(=O)O. The van der Waals surface area contributed by atoms with Crippen LogP contribution >= 0.6 is 0 Å². The van der Waals surface area contributed by atoms with Crippen molar-refractivity contribution in [2.75, 3.05) is 0 Å². The topological polar surface area (TPSA) is 251 Å². The van der Waals surface area contributed by atoms with E-state index in [2.05, 4.69) is 16.0 Å². The highest BCUT2D eigenvalue weighted by atomic mass is 16.4. The lowest BCUT2D eigenvalue weighted by molar-refractivity contribution is -0.143. The molecule has 0 radical (unpaired) electrons. The van der Waals surface area contributed by atoms with Crippen molar-refractivity contribution < 1.29 is 44.1 Å². The van der Waals surface area contributed by atoms with E-state index in [0.717, 1.165) is 0 Å². The number of hydrogen-bond donors (Lipinski definition) is 8. The zero-order chi connectivity index (χ0) is 29.0. The molecule has 0 aliphatic rings. The highest BCUT2D eigenvalue weighted by Gasteiger charge is 2.31. The van der Waals surface area contributed by atoms with Gasteiger partial charge in [-0.05, 0) is 42.9 Å². The van der Waals surface area contributed by atoms with Gasteiger partial charge in [-0.1, -0.05) is 26.0 Å². The van der Waals surface area contributed by atoms with E-state index in [0.29, 0.717) is 5.56 Å². The van der Waals surface area contributed by atoms with Crippen molar-refractivity contribution in [3.63, 3.8) is 0 Å². The molecule has 0 aromatic heterocycles. The van der Waals surface area contributed by atoms with Crippen LogP contribution in [0.5, 0.6) is 5.75 Å². The number of benzene rings is 1. The molecule has 14 nitrogen and oxygen atoms in total. The van der Waals surface area contributed by atoms with Gasteiger partial charge < -0.3 is 42.7 Å². The van der Waals surface area contributed by atoms with E-state index in [1.807, 2.05) is 0 Å². The summed E-state index contributed by atoms with van der Waals surface area (Å²) in [6.07, 6.45) is -1.46. The molecule has 4 amide bonds. The summed E-state index contributed by atoms with van der Waals surface area (Å²) in [5, 5.41) is 34.7. The highest BCUT2D eigenvalue weighted by molar-refractivity contribution is 5.96. The molecular formula is C24H35N5O9. The highest BCUT2D eigenvalue weighted by Crippen LogP contribution is 2.11. The number of phenolic OH excluding ortho intramolecular Hbond substituents is 1. The molecule has 4 unspecified atom stereocenters. The fourth-order valence-corrected chi connectivity index (χ4v) is 3.44. The third-order valence-corrected chi connectivity index (χ3v) is 5.37. The van der Waals surface area contributed by atoms with Crippen LogP contribution in [0.25, 0.3) is 0 Å². The molecule has 0 spiro atoms. The molecule has 4 atom stereocenters. The van der Waals surface area contributed by atoms with Gasteiger partial charge in [0.25, 0.3) is 0 Å². The first-order valence-electron chi connectivity index (χ1n) is 11.9. The number of carbonyl (C=O) groups is 6. The van der Waals surface area contributed by atoms with Crippen molar-refractivity contribution in [1.82, 2.24) is 16.0 Å². The Morgan fingerprint density at radius 1 is 0.842 bits per heavy atom. The standard InChI is InChI=1S/C24H35N5O9/c1-12(2)9-18(24(37)38)29-22(35)16(7-8-20(32)33)27-23(36)17(11-19(26)31)28-21(34)15(25)10-13-3-5-14(30)6-4-13/h3-6,12,15-18,30H,7-11,25H2,1-2H3,(H2,26,31)(H,27,36)(H,28,34)(H,29,35)(H,32,33)(H,37,38). The summed E-state index contributed by atoms with van der Waals surface area (Å²) >= 11 is 0. The van der Waals surface area contributed by atoms with Gasteiger partial charge in [-0.2, -0.15) is 0 Å². The lowest BCUT2D eigenvalue weighted by Gasteiger charge is -2.25. The number of hydrogen-bond acceptors (Lipinski definition) is 8. The summed E-state index contributed by atoms with van der Waals surface area (Å²) in [6.45, 7) is 3.49. The smallest absolute Gasteiger partial charge is 0.326 e. The number of carbonyl (C=O) groups excluding carboxylic acids is 4. The summed E-state index contributed by atoms with van der Waals surface area (Å²) in [7, 11) is 0. The Hall–Kier alpha value is -4.20. The number of nitrogens with one attached hydrogen (secondary N) is 3. The van der Waals surface area contributed by atoms with Crippen molar-refractivity contribution in [3.05, 3.63) is 29.8 Å². The van der Waals surface area contributed by atoms with E-state index in [1.165, 1.54) is 12.1 Å². The molecule has 0 aliphatic heterocycles. The minimum absolute atomic E-state index is 0.0188. The summed E-state index contributed by atoms with van der Waals surface area (Å²) < 4.78 is 0. The molecule has 0 fully saturated rings. The van der Waals surface area contributed by atoms with Crippen LogP contribution in [-0.4, -0.2) is 75.1 Å². The molecule has 0 aliphatic carbocycles. The maximum Gasteiger partial charge on any atom is 0.326 e. The molecule has 1 aromatic carbocycles. The van der Waals surface area contributed by atoms with Gasteiger partial charge >= 0.3 is 11.9 Å². The molecule has 38 heavy (non-hydrogen) atoms. The molecule has 1 rings (SSSR count). The molecule has 0 saturated carbocycles. The number of amides is 4.